The van der Waals surface area contributed by atoms with E-state index in [4.69, 9.17) is 4.74 Å². The highest BCUT2D eigenvalue weighted by atomic mass is 16.5. The Hall–Kier alpha value is -3.72. The van der Waals surface area contributed by atoms with Crippen LogP contribution in [0, 0.1) is 6.92 Å². The van der Waals surface area contributed by atoms with Crippen LogP contribution in [0.3, 0.4) is 0 Å². The van der Waals surface area contributed by atoms with Crippen LogP contribution >= 0.6 is 0 Å². The Morgan fingerprint density at radius 2 is 1.67 bits per heavy atom. The van der Waals surface area contributed by atoms with E-state index < -0.39 is 17.9 Å². The molecule has 0 bridgehead atoms. The molecule has 1 saturated heterocycles. The first-order valence-electron chi connectivity index (χ1n) is 12.2. The van der Waals surface area contributed by atoms with Crippen molar-refractivity contribution in [1.82, 2.24) is 19.8 Å². The third-order valence-electron chi connectivity index (χ3n) is 7.14. The summed E-state index contributed by atoms with van der Waals surface area (Å²) in [4.78, 5) is 31.6. The second-order valence-corrected chi connectivity index (χ2v) is 9.51. The highest BCUT2D eigenvalue weighted by molar-refractivity contribution is 6.50. The molecule has 8 nitrogen and oxygen atoms in total. The average molecular weight is 485 g/mol. The van der Waals surface area contributed by atoms with E-state index in [9.17, 15) is 14.7 Å². The smallest absolute Gasteiger partial charge is 0.259 e. The molecule has 2 aromatic carbocycles. The molecule has 6 rings (SSSR count). The van der Waals surface area contributed by atoms with Crippen LogP contribution in [-0.4, -0.2) is 70.3 Å². The summed E-state index contributed by atoms with van der Waals surface area (Å²) in [7, 11) is 0. The van der Waals surface area contributed by atoms with Gasteiger partial charge in [-0.15, -0.1) is 0 Å². The number of aromatic nitrogens is 2. The van der Waals surface area contributed by atoms with Crippen molar-refractivity contribution in [2.24, 2.45) is 0 Å². The van der Waals surface area contributed by atoms with Crippen LogP contribution in [0.4, 0.5) is 0 Å². The summed E-state index contributed by atoms with van der Waals surface area (Å²) in [5.41, 5.74) is 5.01. The lowest BCUT2D eigenvalue weighted by Crippen LogP contribution is -2.41. The number of imide groups is 1. The predicted octanol–water partition coefficient (Wildman–Crippen LogP) is 2.69. The number of amides is 2. The van der Waals surface area contributed by atoms with Gasteiger partial charge in [0, 0.05) is 66.0 Å². The van der Waals surface area contributed by atoms with Gasteiger partial charge < -0.3 is 19.4 Å². The van der Waals surface area contributed by atoms with Crippen molar-refractivity contribution < 1.29 is 19.4 Å². The number of nitrogens with zero attached hydrogens (tertiary/aromatic N) is 2. The van der Waals surface area contributed by atoms with Crippen LogP contribution in [0.25, 0.3) is 33.0 Å². The SMILES string of the molecule is Cc1cccc2c(C3=C(c4c[nH]c5ccccc45)C(=O)NC3=O)cn(CC(O)CN3CCOCC3)c12. The van der Waals surface area contributed by atoms with Gasteiger partial charge in [-0.2, -0.15) is 0 Å². The minimum absolute atomic E-state index is 0.363. The number of ether oxygens (including phenoxy) is 1. The van der Waals surface area contributed by atoms with E-state index in [1.54, 1.807) is 6.20 Å². The number of carbonyl (C=O) groups excluding carboxylic acids is 2. The standard InChI is InChI=1S/C28H28N4O4/c1-17-5-4-7-20-22(16-32(26(17)20)15-18(33)14-31-9-11-36-12-10-31)25-24(27(34)30-28(25)35)21-13-29-23-8-3-2-6-19(21)23/h2-8,13,16,18,29,33H,9-12,14-15H2,1H3,(H,30,34,35). The molecule has 1 unspecified atom stereocenters. The number of aryl methyl sites for hydroxylation is 1. The number of rotatable bonds is 6. The number of fused-ring (bicyclic) bond motifs is 2. The molecule has 3 N–H and O–H groups in total. The Kier molecular flexibility index (Phi) is 5.72. The van der Waals surface area contributed by atoms with Gasteiger partial charge in [0.15, 0.2) is 0 Å². The van der Waals surface area contributed by atoms with Gasteiger partial charge in [-0.05, 0) is 18.6 Å². The topological polar surface area (TPSA) is 99.6 Å². The minimum Gasteiger partial charge on any atom is -0.390 e. The van der Waals surface area contributed by atoms with Crippen LogP contribution in [0.15, 0.2) is 54.9 Å². The number of carbonyl (C=O) groups is 2. The van der Waals surface area contributed by atoms with E-state index >= 15 is 0 Å². The van der Waals surface area contributed by atoms with Gasteiger partial charge in [0.1, 0.15) is 0 Å². The van der Waals surface area contributed by atoms with Crippen LogP contribution in [0.1, 0.15) is 16.7 Å². The molecular weight excluding hydrogens is 456 g/mol. The van der Waals surface area contributed by atoms with Gasteiger partial charge in [0.2, 0.25) is 0 Å². The first-order valence-corrected chi connectivity index (χ1v) is 12.2. The Bertz CT molecular complexity index is 1520. The summed E-state index contributed by atoms with van der Waals surface area (Å²) in [6.45, 7) is 5.91. The van der Waals surface area contributed by atoms with Crippen LogP contribution in [-0.2, 0) is 20.9 Å². The molecule has 0 saturated carbocycles. The third kappa shape index (κ3) is 3.83. The predicted molar refractivity (Wildman–Crippen MR) is 138 cm³/mol. The van der Waals surface area contributed by atoms with Crippen molar-refractivity contribution in [2.45, 2.75) is 19.6 Å². The Labute approximate surface area is 208 Å². The van der Waals surface area contributed by atoms with Gasteiger partial charge in [0.25, 0.3) is 11.8 Å². The first kappa shape index (κ1) is 22.7. The number of aliphatic hydroxyl groups excluding tert-OH is 1. The highest BCUT2D eigenvalue weighted by Gasteiger charge is 2.35. The molecule has 2 aromatic heterocycles. The molecule has 0 spiro atoms. The molecule has 36 heavy (non-hydrogen) atoms. The van der Waals surface area contributed by atoms with E-state index in [2.05, 4.69) is 15.2 Å². The van der Waals surface area contributed by atoms with E-state index in [-0.39, 0.29) is 0 Å². The summed E-state index contributed by atoms with van der Waals surface area (Å²) < 4.78 is 7.43. The molecule has 2 aliphatic heterocycles. The fourth-order valence-corrected chi connectivity index (χ4v) is 5.50. The quantitative estimate of drug-likeness (QED) is 0.366. The lowest BCUT2D eigenvalue weighted by atomic mass is 9.95. The van der Waals surface area contributed by atoms with E-state index in [0.717, 1.165) is 40.5 Å². The van der Waals surface area contributed by atoms with Gasteiger partial charge in [-0.25, -0.2) is 0 Å². The normalized spacial score (nSPS) is 17.9. The second-order valence-electron chi connectivity index (χ2n) is 9.51. The zero-order valence-corrected chi connectivity index (χ0v) is 20.1. The third-order valence-corrected chi connectivity index (χ3v) is 7.14. The van der Waals surface area contributed by atoms with Crippen molar-refractivity contribution in [2.75, 3.05) is 32.8 Å². The zero-order chi connectivity index (χ0) is 24.8. The number of morpholine rings is 1. The largest absolute Gasteiger partial charge is 0.390 e. The van der Waals surface area contributed by atoms with E-state index in [0.29, 0.717) is 48.6 Å². The van der Waals surface area contributed by atoms with Gasteiger partial charge >= 0.3 is 0 Å². The van der Waals surface area contributed by atoms with Crippen molar-refractivity contribution in [3.8, 4) is 0 Å². The maximum Gasteiger partial charge on any atom is 0.259 e. The second kappa shape index (κ2) is 9.05. The fraction of sp³-hybridized carbons (Fsp3) is 0.286. The van der Waals surface area contributed by atoms with Gasteiger partial charge in [-0.3, -0.25) is 19.8 Å². The summed E-state index contributed by atoms with van der Waals surface area (Å²) in [5.74, 6) is -0.810. The fourth-order valence-electron chi connectivity index (χ4n) is 5.50. The van der Waals surface area contributed by atoms with Gasteiger partial charge in [0.05, 0.1) is 36.0 Å². The number of hydrogen-bond donors (Lipinski definition) is 3. The Morgan fingerprint density at radius 1 is 0.944 bits per heavy atom. The Morgan fingerprint density at radius 3 is 2.47 bits per heavy atom. The monoisotopic (exact) mass is 484 g/mol. The van der Waals surface area contributed by atoms with Crippen molar-refractivity contribution in [1.29, 1.82) is 0 Å². The number of para-hydroxylation sites is 2. The molecule has 2 aliphatic rings. The maximum atomic E-state index is 13.2. The molecule has 184 valence electrons. The average Bonchev–Trinajstić information content (AvgIpc) is 3.53. The lowest BCUT2D eigenvalue weighted by molar-refractivity contribution is -0.122. The van der Waals surface area contributed by atoms with E-state index in [1.807, 2.05) is 60.2 Å². The summed E-state index contributed by atoms with van der Waals surface area (Å²) >= 11 is 0. The summed E-state index contributed by atoms with van der Waals surface area (Å²) in [5, 5.41) is 15.2. The van der Waals surface area contributed by atoms with Crippen molar-refractivity contribution in [3.05, 3.63) is 71.5 Å². The van der Waals surface area contributed by atoms with E-state index in [1.165, 1.54) is 0 Å². The molecule has 8 heteroatoms. The maximum absolute atomic E-state index is 13.2. The molecule has 1 atom stereocenters. The van der Waals surface area contributed by atoms with Crippen LogP contribution in [0.5, 0.6) is 0 Å². The zero-order valence-electron chi connectivity index (χ0n) is 20.1. The van der Waals surface area contributed by atoms with Crippen molar-refractivity contribution >= 4 is 44.8 Å². The molecular formula is C28H28N4O4. The minimum atomic E-state index is -0.590. The first-order chi connectivity index (χ1) is 17.5. The number of aliphatic hydroxyl groups is 1. The molecule has 0 radical (unpaired) electrons. The van der Waals surface area contributed by atoms with Crippen LogP contribution in [0.2, 0.25) is 0 Å². The summed E-state index contributed by atoms with van der Waals surface area (Å²) in [6.07, 6.45) is 3.10. The molecule has 1 fully saturated rings. The van der Waals surface area contributed by atoms with Crippen LogP contribution < -0.4 is 5.32 Å². The summed E-state index contributed by atoms with van der Waals surface area (Å²) in [6, 6.07) is 13.7. The van der Waals surface area contributed by atoms with Crippen molar-refractivity contribution in [3.63, 3.8) is 0 Å². The molecule has 0 aliphatic carbocycles. The molecule has 2 amide bonds. The number of β-amino-alcohol motifs (C(OH)–C–C–N with tert-alkyl or cyclic N) is 1. The lowest BCUT2D eigenvalue weighted by Gasteiger charge is -2.28. The number of H-pyrrole nitrogens is 1. The molecule has 4 aromatic rings. The molecule has 4 heterocycles. The number of aromatic amines is 1. The number of benzene rings is 2. The highest BCUT2D eigenvalue weighted by Crippen LogP contribution is 2.38. The van der Waals surface area contributed by atoms with Gasteiger partial charge in [-0.1, -0.05) is 36.4 Å². The Balaban J connectivity index is 1.47. The number of nitrogens with one attached hydrogen (secondary N) is 2. The number of hydrogen-bond acceptors (Lipinski definition) is 5.